The Labute approximate surface area is 112 Å². The Kier molecular flexibility index (Phi) is 4.22. The molecule has 1 aromatic heterocycles. The second-order valence-corrected chi connectivity index (χ2v) is 4.37. The van der Waals surface area contributed by atoms with Crippen molar-refractivity contribution in [3.05, 3.63) is 53.2 Å². The molecular weight excluding hydrogens is 245 g/mol. The zero-order valence-electron chi connectivity index (χ0n) is 11.4. The molecule has 19 heavy (non-hydrogen) atoms. The molecule has 0 amide bonds. The van der Waals surface area contributed by atoms with Crippen LogP contribution < -0.4 is 10.1 Å². The van der Waals surface area contributed by atoms with Crippen molar-refractivity contribution in [2.24, 2.45) is 0 Å². The fraction of sp³-hybridized carbons (Fsp3) is 0.333. The Hall–Kier alpha value is -1.81. The summed E-state index contributed by atoms with van der Waals surface area (Å²) in [4.78, 5) is 0. The second-order valence-electron chi connectivity index (χ2n) is 4.37. The minimum atomic E-state index is -0.279. The number of methoxy groups -OCH3 is 1. The molecule has 1 heterocycles. The van der Waals surface area contributed by atoms with Crippen molar-refractivity contribution in [2.45, 2.75) is 19.9 Å². The van der Waals surface area contributed by atoms with E-state index in [1.807, 2.05) is 19.9 Å². The van der Waals surface area contributed by atoms with Crippen molar-refractivity contribution in [1.29, 1.82) is 0 Å². The molecule has 4 heteroatoms. The largest absolute Gasteiger partial charge is 0.496 e. The first-order chi connectivity index (χ1) is 9.15. The summed E-state index contributed by atoms with van der Waals surface area (Å²) < 4.78 is 24.2. The molecule has 1 atom stereocenters. The molecule has 0 radical (unpaired) electrons. The monoisotopic (exact) mass is 263 g/mol. The molecule has 0 saturated carbocycles. The molecule has 1 aromatic carbocycles. The van der Waals surface area contributed by atoms with Crippen LogP contribution in [0.4, 0.5) is 4.39 Å². The highest BCUT2D eigenvalue weighted by Gasteiger charge is 2.19. The van der Waals surface area contributed by atoms with Crippen molar-refractivity contribution in [1.82, 2.24) is 5.32 Å². The van der Waals surface area contributed by atoms with E-state index in [2.05, 4.69) is 5.32 Å². The molecule has 1 unspecified atom stereocenters. The van der Waals surface area contributed by atoms with E-state index >= 15 is 0 Å². The van der Waals surface area contributed by atoms with Crippen LogP contribution in [0.1, 0.15) is 29.9 Å². The molecule has 1 N–H and O–H groups in total. The van der Waals surface area contributed by atoms with Crippen molar-refractivity contribution >= 4 is 0 Å². The van der Waals surface area contributed by atoms with Gasteiger partial charge in [0.2, 0.25) is 0 Å². The van der Waals surface area contributed by atoms with Crippen LogP contribution in [0.25, 0.3) is 0 Å². The number of benzene rings is 1. The number of rotatable bonds is 5. The van der Waals surface area contributed by atoms with Crippen LogP contribution in [-0.4, -0.2) is 13.7 Å². The van der Waals surface area contributed by atoms with Gasteiger partial charge in [0, 0.05) is 11.1 Å². The predicted octanol–water partition coefficient (Wildman–Crippen LogP) is 3.43. The summed E-state index contributed by atoms with van der Waals surface area (Å²) in [5, 5.41) is 3.32. The fourth-order valence-corrected chi connectivity index (χ4v) is 2.16. The van der Waals surface area contributed by atoms with Gasteiger partial charge in [-0.25, -0.2) is 4.39 Å². The van der Waals surface area contributed by atoms with Gasteiger partial charge in [0.05, 0.1) is 19.4 Å². The maximum atomic E-state index is 13.5. The Morgan fingerprint density at radius 2 is 2.16 bits per heavy atom. The maximum absolute atomic E-state index is 13.5. The van der Waals surface area contributed by atoms with Crippen LogP contribution in [0, 0.1) is 12.7 Å². The molecule has 0 aliphatic rings. The van der Waals surface area contributed by atoms with Crippen LogP contribution in [0.2, 0.25) is 0 Å². The summed E-state index contributed by atoms with van der Waals surface area (Å²) in [6.07, 6.45) is 1.69. The molecule has 3 nitrogen and oxygen atoms in total. The molecular formula is C15H18FNO2. The van der Waals surface area contributed by atoms with Gasteiger partial charge in [-0.1, -0.05) is 6.92 Å². The lowest BCUT2D eigenvalue weighted by Gasteiger charge is -2.19. The van der Waals surface area contributed by atoms with E-state index in [1.54, 1.807) is 19.4 Å². The molecule has 102 valence electrons. The zero-order chi connectivity index (χ0) is 13.8. The van der Waals surface area contributed by atoms with Crippen LogP contribution in [-0.2, 0) is 0 Å². The van der Waals surface area contributed by atoms with E-state index < -0.39 is 0 Å². The first kappa shape index (κ1) is 13.6. The fourth-order valence-electron chi connectivity index (χ4n) is 2.16. The number of ether oxygens (including phenoxy) is 1. The molecule has 2 aromatic rings. The second kappa shape index (κ2) is 5.89. The minimum absolute atomic E-state index is 0.145. The van der Waals surface area contributed by atoms with Gasteiger partial charge in [-0.15, -0.1) is 0 Å². The first-order valence-corrected chi connectivity index (χ1v) is 6.27. The van der Waals surface area contributed by atoms with E-state index in [0.29, 0.717) is 5.75 Å². The van der Waals surface area contributed by atoms with Gasteiger partial charge in [-0.2, -0.15) is 0 Å². The number of hydrogen-bond donors (Lipinski definition) is 1. The molecule has 0 saturated heterocycles. The van der Waals surface area contributed by atoms with Gasteiger partial charge in [0.1, 0.15) is 17.3 Å². The van der Waals surface area contributed by atoms with Gasteiger partial charge in [-0.05, 0) is 37.7 Å². The number of nitrogens with one attached hydrogen (secondary N) is 1. The van der Waals surface area contributed by atoms with E-state index in [-0.39, 0.29) is 11.9 Å². The Balaban J connectivity index is 2.46. The number of furan rings is 1. The summed E-state index contributed by atoms with van der Waals surface area (Å²) in [6, 6.07) is 6.33. The van der Waals surface area contributed by atoms with Crippen molar-refractivity contribution < 1.29 is 13.5 Å². The number of halogens is 1. The van der Waals surface area contributed by atoms with Gasteiger partial charge < -0.3 is 14.5 Å². The smallest absolute Gasteiger partial charge is 0.124 e. The summed E-state index contributed by atoms with van der Waals surface area (Å²) in [5.74, 6) is 1.21. The van der Waals surface area contributed by atoms with Crippen molar-refractivity contribution in [2.75, 3.05) is 13.7 Å². The van der Waals surface area contributed by atoms with Crippen LogP contribution in [0.15, 0.2) is 34.9 Å². The molecule has 0 aliphatic heterocycles. The quantitative estimate of drug-likeness (QED) is 0.897. The van der Waals surface area contributed by atoms with Crippen LogP contribution in [0.5, 0.6) is 5.75 Å². The standard InChI is InChI=1S/C15H18FNO2/c1-4-17-15(11-7-10(2)19-9-11)13-8-12(16)5-6-14(13)18-3/h5-9,15,17H,4H2,1-3H3. The molecule has 0 bridgehead atoms. The summed E-state index contributed by atoms with van der Waals surface area (Å²) in [6.45, 7) is 4.65. The van der Waals surface area contributed by atoms with Gasteiger partial charge in [0.15, 0.2) is 0 Å². The average molecular weight is 263 g/mol. The Morgan fingerprint density at radius 1 is 1.37 bits per heavy atom. The summed E-state index contributed by atoms with van der Waals surface area (Å²) >= 11 is 0. The van der Waals surface area contributed by atoms with E-state index in [1.165, 1.54) is 12.1 Å². The molecule has 2 rings (SSSR count). The van der Waals surface area contributed by atoms with Gasteiger partial charge in [0.25, 0.3) is 0 Å². The predicted molar refractivity (Wildman–Crippen MR) is 71.9 cm³/mol. The Morgan fingerprint density at radius 3 is 2.74 bits per heavy atom. The Bertz CT molecular complexity index is 551. The number of aryl methyl sites for hydroxylation is 1. The third-order valence-electron chi connectivity index (χ3n) is 3.00. The highest BCUT2D eigenvalue weighted by atomic mass is 19.1. The third-order valence-corrected chi connectivity index (χ3v) is 3.00. The van der Waals surface area contributed by atoms with Crippen molar-refractivity contribution in [3.63, 3.8) is 0 Å². The topological polar surface area (TPSA) is 34.4 Å². The molecule has 0 spiro atoms. The highest BCUT2D eigenvalue weighted by Crippen LogP contribution is 2.31. The minimum Gasteiger partial charge on any atom is -0.496 e. The summed E-state index contributed by atoms with van der Waals surface area (Å²) in [7, 11) is 1.58. The third kappa shape index (κ3) is 2.96. The lowest BCUT2D eigenvalue weighted by molar-refractivity contribution is 0.402. The van der Waals surface area contributed by atoms with Crippen molar-refractivity contribution in [3.8, 4) is 5.75 Å². The van der Waals surface area contributed by atoms with E-state index in [0.717, 1.165) is 23.4 Å². The van der Waals surface area contributed by atoms with Crippen LogP contribution >= 0.6 is 0 Å². The lowest BCUT2D eigenvalue weighted by atomic mass is 9.99. The maximum Gasteiger partial charge on any atom is 0.124 e. The normalized spacial score (nSPS) is 12.4. The van der Waals surface area contributed by atoms with E-state index in [9.17, 15) is 4.39 Å². The average Bonchev–Trinajstić information content (AvgIpc) is 2.82. The molecule has 0 fully saturated rings. The van der Waals surface area contributed by atoms with Gasteiger partial charge >= 0.3 is 0 Å². The highest BCUT2D eigenvalue weighted by molar-refractivity contribution is 5.41. The van der Waals surface area contributed by atoms with Gasteiger partial charge in [-0.3, -0.25) is 0 Å². The SMILES string of the molecule is CCNC(c1coc(C)c1)c1cc(F)ccc1OC. The number of hydrogen-bond acceptors (Lipinski definition) is 3. The zero-order valence-corrected chi connectivity index (χ0v) is 11.4. The molecule has 0 aliphatic carbocycles. The summed E-state index contributed by atoms with van der Waals surface area (Å²) in [5.41, 5.74) is 1.73. The first-order valence-electron chi connectivity index (χ1n) is 6.27. The lowest BCUT2D eigenvalue weighted by Crippen LogP contribution is -2.22. The van der Waals surface area contributed by atoms with E-state index in [4.69, 9.17) is 9.15 Å². The van der Waals surface area contributed by atoms with Crippen LogP contribution in [0.3, 0.4) is 0 Å².